The summed E-state index contributed by atoms with van der Waals surface area (Å²) in [5.74, 6) is -0.523. The van der Waals surface area contributed by atoms with Crippen molar-refractivity contribution in [2.75, 3.05) is 13.7 Å². The number of hydrazine groups is 1. The number of hydrogen-bond acceptors (Lipinski definition) is 7. The fourth-order valence-corrected chi connectivity index (χ4v) is 2.92. The zero-order valence-electron chi connectivity index (χ0n) is 17.4. The van der Waals surface area contributed by atoms with E-state index < -0.39 is 41.8 Å². The molecule has 0 aliphatic heterocycles. The van der Waals surface area contributed by atoms with Crippen LogP contribution in [0.4, 0.5) is 9.59 Å². The van der Waals surface area contributed by atoms with Crippen LogP contribution in [0.2, 0.25) is 0 Å². The molecule has 0 radical (unpaired) electrons. The van der Waals surface area contributed by atoms with Crippen LogP contribution < -0.4 is 21.9 Å². The van der Waals surface area contributed by atoms with Gasteiger partial charge < -0.3 is 25.6 Å². The van der Waals surface area contributed by atoms with Gasteiger partial charge in [0.1, 0.15) is 18.2 Å². The van der Waals surface area contributed by atoms with Gasteiger partial charge >= 0.3 is 12.2 Å². The Morgan fingerprint density at radius 1 is 1.20 bits per heavy atom. The van der Waals surface area contributed by atoms with Gasteiger partial charge in [-0.15, -0.1) is 0 Å². The highest BCUT2D eigenvalue weighted by Crippen LogP contribution is 2.19. The van der Waals surface area contributed by atoms with Crippen molar-refractivity contribution in [1.82, 2.24) is 16.2 Å². The molecule has 1 aromatic carbocycles. The molecule has 0 aliphatic rings. The Balaban J connectivity index is 2.69. The number of hydrogen-bond donors (Lipinski definition) is 5. The molecule has 3 amide bonds. The number of aliphatic hydroxyl groups is 1. The van der Waals surface area contributed by atoms with Crippen LogP contribution in [0.5, 0.6) is 0 Å². The maximum Gasteiger partial charge on any atom is 0.407 e. The van der Waals surface area contributed by atoms with Crippen molar-refractivity contribution in [3.8, 4) is 0 Å². The van der Waals surface area contributed by atoms with Gasteiger partial charge in [0.15, 0.2) is 0 Å². The number of carbonyl (C=O) groups excluding carboxylic acids is 3. The van der Waals surface area contributed by atoms with E-state index in [0.29, 0.717) is 0 Å². The Morgan fingerprint density at radius 2 is 1.80 bits per heavy atom. The second kappa shape index (κ2) is 11.9. The first-order valence-corrected chi connectivity index (χ1v) is 10.3. The smallest absolute Gasteiger partial charge is 0.407 e. The molecule has 0 unspecified atom stereocenters. The Morgan fingerprint density at radius 3 is 2.30 bits per heavy atom. The lowest BCUT2D eigenvalue weighted by atomic mass is 9.86. The average molecular weight is 536 g/mol. The molecule has 0 spiro atoms. The molecule has 0 saturated heterocycles. The second-order valence-electron chi connectivity index (χ2n) is 7.68. The van der Waals surface area contributed by atoms with Crippen molar-refractivity contribution in [1.29, 1.82) is 0 Å². The van der Waals surface area contributed by atoms with Gasteiger partial charge in [0.2, 0.25) is 0 Å². The molecule has 0 bridgehead atoms. The first-order valence-electron chi connectivity index (χ1n) is 9.19. The van der Waals surface area contributed by atoms with E-state index in [1.54, 1.807) is 20.8 Å². The molecule has 30 heavy (non-hydrogen) atoms. The molecule has 0 saturated carbocycles. The number of ether oxygens (including phenoxy) is 2. The zero-order chi connectivity index (χ0) is 22.9. The highest BCUT2D eigenvalue weighted by molar-refractivity contribution is 14.1. The quantitative estimate of drug-likeness (QED) is 0.234. The summed E-state index contributed by atoms with van der Waals surface area (Å²) >= 11 is 2.17. The van der Waals surface area contributed by atoms with Crippen LogP contribution in [-0.4, -0.2) is 55.1 Å². The van der Waals surface area contributed by atoms with Crippen LogP contribution in [0.15, 0.2) is 24.3 Å². The summed E-state index contributed by atoms with van der Waals surface area (Å²) in [7, 11) is 1.20. The Kier molecular flexibility index (Phi) is 10.3. The van der Waals surface area contributed by atoms with Crippen LogP contribution in [-0.2, 0) is 20.7 Å². The Hall–Kier alpha value is -2.12. The largest absolute Gasteiger partial charge is 0.453 e. The SMILES string of the molecule is COC(=O)N[C@H](C(=O)NNC[C@H](O)[C@H](Cc1ccc(I)cc1)OC(N)=O)C(C)(C)C. The van der Waals surface area contributed by atoms with E-state index in [9.17, 15) is 19.5 Å². The number of nitrogens with two attached hydrogens (primary N) is 1. The number of aliphatic hydroxyl groups excluding tert-OH is 1. The third kappa shape index (κ3) is 9.13. The van der Waals surface area contributed by atoms with Crippen molar-refractivity contribution in [3.63, 3.8) is 0 Å². The van der Waals surface area contributed by atoms with E-state index in [0.717, 1.165) is 9.13 Å². The Bertz CT molecular complexity index is 723. The van der Waals surface area contributed by atoms with Gasteiger partial charge in [-0.3, -0.25) is 10.2 Å². The van der Waals surface area contributed by atoms with Crippen molar-refractivity contribution < 1.29 is 29.0 Å². The third-order valence-corrected chi connectivity index (χ3v) is 4.86. The minimum absolute atomic E-state index is 0.122. The summed E-state index contributed by atoms with van der Waals surface area (Å²) < 4.78 is 10.6. The van der Waals surface area contributed by atoms with E-state index in [2.05, 4.69) is 43.5 Å². The normalized spacial score (nSPS) is 14.2. The number of carbonyl (C=O) groups is 3. The first kappa shape index (κ1) is 25.9. The van der Waals surface area contributed by atoms with Crippen molar-refractivity contribution in [2.24, 2.45) is 11.1 Å². The molecule has 0 heterocycles. The number of benzene rings is 1. The lowest BCUT2D eigenvalue weighted by molar-refractivity contribution is -0.126. The van der Waals surface area contributed by atoms with Gasteiger partial charge in [0.05, 0.1) is 7.11 Å². The van der Waals surface area contributed by atoms with E-state index >= 15 is 0 Å². The molecule has 11 heteroatoms. The zero-order valence-corrected chi connectivity index (χ0v) is 19.6. The predicted octanol–water partition coefficient (Wildman–Crippen LogP) is 1.05. The highest BCUT2D eigenvalue weighted by Gasteiger charge is 2.33. The number of primary amides is 1. The number of amides is 3. The molecule has 1 aromatic rings. The summed E-state index contributed by atoms with van der Waals surface area (Å²) in [6.45, 7) is 5.21. The minimum atomic E-state index is -1.15. The van der Waals surface area contributed by atoms with E-state index in [1.807, 2.05) is 24.3 Å². The fraction of sp³-hybridized carbons (Fsp3) is 0.526. The molecular weight excluding hydrogens is 507 g/mol. The Labute approximate surface area is 189 Å². The average Bonchev–Trinajstić information content (AvgIpc) is 2.65. The topological polar surface area (TPSA) is 152 Å². The summed E-state index contributed by atoms with van der Waals surface area (Å²) in [6.07, 6.45) is -3.58. The summed E-state index contributed by atoms with van der Waals surface area (Å²) in [4.78, 5) is 35.2. The monoisotopic (exact) mass is 536 g/mol. The second-order valence-corrected chi connectivity index (χ2v) is 8.92. The third-order valence-electron chi connectivity index (χ3n) is 4.15. The number of nitrogens with one attached hydrogen (secondary N) is 3. The maximum atomic E-state index is 12.5. The molecule has 0 aromatic heterocycles. The molecule has 3 atom stereocenters. The van der Waals surface area contributed by atoms with Crippen molar-refractivity contribution in [3.05, 3.63) is 33.4 Å². The lowest BCUT2D eigenvalue weighted by Crippen LogP contribution is -2.57. The highest BCUT2D eigenvalue weighted by atomic mass is 127. The summed E-state index contributed by atoms with van der Waals surface area (Å²) in [6, 6.07) is 6.60. The van der Waals surface area contributed by atoms with Crippen molar-refractivity contribution in [2.45, 2.75) is 45.4 Å². The van der Waals surface area contributed by atoms with E-state index in [1.165, 1.54) is 7.11 Å². The fourth-order valence-electron chi connectivity index (χ4n) is 2.56. The molecule has 0 aliphatic carbocycles. The van der Waals surface area contributed by atoms with Gasteiger partial charge in [-0.05, 0) is 45.7 Å². The molecule has 10 nitrogen and oxygen atoms in total. The van der Waals surface area contributed by atoms with Gasteiger partial charge in [-0.2, -0.15) is 0 Å². The van der Waals surface area contributed by atoms with Gasteiger partial charge in [-0.1, -0.05) is 32.9 Å². The molecular formula is C19H29IN4O6. The number of methoxy groups -OCH3 is 1. The van der Waals surface area contributed by atoms with Gasteiger partial charge in [0, 0.05) is 16.5 Å². The summed E-state index contributed by atoms with van der Waals surface area (Å²) in [5.41, 5.74) is 10.4. The van der Waals surface area contributed by atoms with E-state index in [-0.39, 0.29) is 13.0 Å². The van der Waals surface area contributed by atoms with Crippen LogP contribution >= 0.6 is 22.6 Å². The summed E-state index contributed by atoms with van der Waals surface area (Å²) in [5, 5.41) is 12.9. The number of halogens is 1. The van der Waals surface area contributed by atoms with Crippen LogP contribution in [0.3, 0.4) is 0 Å². The maximum absolute atomic E-state index is 12.5. The van der Waals surface area contributed by atoms with Gasteiger partial charge in [-0.25, -0.2) is 15.0 Å². The van der Waals surface area contributed by atoms with Crippen LogP contribution in [0.25, 0.3) is 0 Å². The minimum Gasteiger partial charge on any atom is -0.453 e. The molecule has 168 valence electrons. The predicted molar refractivity (Wildman–Crippen MR) is 118 cm³/mol. The van der Waals surface area contributed by atoms with Crippen LogP contribution in [0.1, 0.15) is 26.3 Å². The molecule has 1 rings (SSSR count). The lowest BCUT2D eigenvalue weighted by Gasteiger charge is -2.30. The number of alkyl carbamates (subject to hydrolysis) is 1. The molecule has 0 fully saturated rings. The first-order chi connectivity index (χ1) is 13.9. The van der Waals surface area contributed by atoms with Crippen molar-refractivity contribution >= 4 is 40.7 Å². The van der Waals surface area contributed by atoms with Gasteiger partial charge in [0.25, 0.3) is 5.91 Å². The number of rotatable bonds is 9. The standard InChI is InChI=1S/C19H29IN4O6/c1-19(2,3)15(23-18(28)29-4)16(26)24-22-10-13(25)14(30-17(21)27)9-11-5-7-12(20)8-6-11/h5-8,13-15,22,25H,9-10H2,1-4H3,(H2,21,27)(H,23,28)(H,24,26)/t13-,14-,15+/m0/s1. The van der Waals surface area contributed by atoms with E-state index in [4.69, 9.17) is 10.5 Å². The molecule has 6 N–H and O–H groups in total. The van der Waals surface area contributed by atoms with Crippen LogP contribution in [0, 0.1) is 8.99 Å².